The van der Waals surface area contributed by atoms with Gasteiger partial charge in [0, 0.05) is 0 Å². The number of rotatable bonds is 18. The molecule has 0 fully saturated rings. The molecular weight excluding hydrogens is 504 g/mol. The summed E-state index contributed by atoms with van der Waals surface area (Å²) in [6.45, 7) is 50.1. The Morgan fingerprint density at radius 1 is 0.190 bits per heavy atom. The Bertz CT molecular complexity index is 450. The van der Waals surface area contributed by atoms with E-state index in [0.717, 1.165) is 88.8 Å². The first-order chi connectivity index (χ1) is 19.4. The Morgan fingerprint density at radius 2 is 0.286 bits per heavy atom. The van der Waals surface area contributed by atoms with E-state index in [4.69, 9.17) is 0 Å². The molecule has 0 nitrogen and oxygen atoms in total. The van der Waals surface area contributed by atoms with Gasteiger partial charge in [0.05, 0.1) is 0 Å². The van der Waals surface area contributed by atoms with Gasteiger partial charge in [0.2, 0.25) is 0 Å². The molecule has 0 aromatic rings. The van der Waals surface area contributed by atoms with Gasteiger partial charge in [-0.2, -0.15) is 0 Å². The van der Waals surface area contributed by atoms with Crippen LogP contribution >= 0.6 is 0 Å². The van der Waals surface area contributed by atoms with Crippen LogP contribution < -0.4 is 0 Å². The highest BCUT2D eigenvalue weighted by molar-refractivity contribution is 4.76. The monoisotopic (exact) mass is 595 g/mol. The lowest BCUT2D eigenvalue weighted by Crippen LogP contribution is -2.25. The molecule has 0 N–H and O–H groups in total. The second kappa shape index (κ2) is 25.2. The van der Waals surface area contributed by atoms with E-state index >= 15 is 0 Å². The van der Waals surface area contributed by atoms with Gasteiger partial charge in [0.25, 0.3) is 0 Å². The fourth-order valence-electron chi connectivity index (χ4n) is 6.78. The van der Waals surface area contributed by atoms with Crippen molar-refractivity contribution >= 4 is 0 Å². The molecular formula is C42H90. The summed E-state index contributed by atoms with van der Waals surface area (Å²) in [5.74, 6) is 13.0. The molecule has 0 radical (unpaired) electrons. The smallest absolute Gasteiger partial charge is 0.0386 e. The van der Waals surface area contributed by atoms with E-state index in [1.807, 2.05) is 0 Å². The van der Waals surface area contributed by atoms with Crippen LogP contribution in [0.1, 0.15) is 184 Å². The third-order valence-electron chi connectivity index (χ3n) is 14.2. The molecule has 12 unspecified atom stereocenters. The molecule has 12 atom stereocenters. The van der Waals surface area contributed by atoms with Gasteiger partial charge in [-0.15, -0.1) is 0 Å². The van der Waals surface area contributed by atoms with Crippen LogP contribution in [0.15, 0.2) is 0 Å². The molecule has 0 heterocycles. The summed E-state index contributed by atoms with van der Waals surface area (Å²) in [4.78, 5) is 0. The van der Waals surface area contributed by atoms with Crippen LogP contribution in [-0.4, -0.2) is 0 Å². The van der Waals surface area contributed by atoms with Crippen molar-refractivity contribution in [2.75, 3.05) is 0 Å². The third kappa shape index (κ3) is 16.9. The molecule has 0 bridgehead atoms. The highest BCUT2D eigenvalue weighted by atomic mass is 14.3. The van der Waals surface area contributed by atoms with Crippen LogP contribution in [0.4, 0.5) is 0 Å². The quantitative estimate of drug-likeness (QED) is 0.148. The molecule has 0 heteroatoms. The maximum absolute atomic E-state index is 2.44. The lowest BCUT2D eigenvalue weighted by molar-refractivity contribution is 0.164. The lowest BCUT2D eigenvalue weighted by atomic mass is 9.73. The second-order valence-electron chi connectivity index (χ2n) is 16.0. The van der Waals surface area contributed by atoms with Crippen LogP contribution in [0.3, 0.4) is 0 Å². The molecule has 0 aliphatic carbocycles. The molecule has 0 aromatic carbocycles. The van der Waals surface area contributed by atoms with E-state index in [1.54, 1.807) is 0 Å². The Labute approximate surface area is 272 Å². The van der Waals surface area contributed by atoms with Crippen LogP contribution in [0.2, 0.25) is 0 Å². The SMILES string of the molecule is CCC(C)C(C)C(C)C(C)C(C)CC.CCC(C)C(C)C(C)C(C)C(C)CC.CCC(C)C(C)C(C)C(C)C(C)CC. The predicted octanol–water partition coefficient (Wildman–Crippen LogP) is 15.0. The minimum Gasteiger partial charge on any atom is -0.0651 e. The summed E-state index contributed by atoms with van der Waals surface area (Å²) in [5, 5.41) is 0. The average molecular weight is 595 g/mol. The van der Waals surface area contributed by atoms with Gasteiger partial charge in [0.1, 0.15) is 0 Å². The van der Waals surface area contributed by atoms with Crippen molar-refractivity contribution in [1.82, 2.24) is 0 Å². The molecule has 0 spiro atoms. The normalized spacial score (nSPS) is 22.5. The summed E-state index contributed by atoms with van der Waals surface area (Å²) in [6.07, 6.45) is 7.91. The van der Waals surface area contributed by atoms with Crippen LogP contribution in [0.5, 0.6) is 0 Å². The van der Waals surface area contributed by atoms with Crippen LogP contribution in [-0.2, 0) is 0 Å². The van der Waals surface area contributed by atoms with Gasteiger partial charge < -0.3 is 0 Å². The molecule has 0 saturated heterocycles. The van der Waals surface area contributed by atoms with Gasteiger partial charge in [-0.1, -0.05) is 184 Å². The van der Waals surface area contributed by atoms with E-state index in [-0.39, 0.29) is 0 Å². The van der Waals surface area contributed by atoms with E-state index in [2.05, 4.69) is 145 Å². The average Bonchev–Trinajstić information content (AvgIpc) is 3.02. The van der Waals surface area contributed by atoms with E-state index in [0.29, 0.717) is 0 Å². The summed E-state index contributed by atoms with van der Waals surface area (Å²) in [7, 11) is 0. The Hall–Kier alpha value is 0. The van der Waals surface area contributed by atoms with E-state index < -0.39 is 0 Å². The molecule has 0 amide bonds. The summed E-state index contributed by atoms with van der Waals surface area (Å²) < 4.78 is 0. The van der Waals surface area contributed by atoms with Crippen molar-refractivity contribution in [1.29, 1.82) is 0 Å². The maximum atomic E-state index is 2.44. The van der Waals surface area contributed by atoms with Crippen molar-refractivity contribution in [2.45, 2.75) is 184 Å². The van der Waals surface area contributed by atoms with Crippen LogP contribution in [0, 0.1) is 88.8 Å². The topological polar surface area (TPSA) is 0 Å². The standard InChI is InChI=1S/3C14H30/c3*1-8-10(3)12(5)14(7)13(6)11(4)9-2/h3*10-14H,8-9H2,1-7H3. The second-order valence-corrected chi connectivity index (χ2v) is 16.0. The Balaban J connectivity index is -0.000000543. The lowest BCUT2D eigenvalue weighted by Gasteiger charge is -2.33. The van der Waals surface area contributed by atoms with Gasteiger partial charge in [-0.05, 0) is 88.8 Å². The van der Waals surface area contributed by atoms with Crippen molar-refractivity contribution < 1.29 is 0 Å². The minimum atomic E-state index is 0.861. The van der Waals surface area contributed by atoms with Crippen molar-refractivity contribution in [3.05, 3.63) is 0 Å². The zero-order chi connectivity index (χ0) is 33.9. The summed E-state index contributed by atoms with van der Waals surface area (Å²) in [5.41, 5.74) is 0. The first-order valence-electron chi connectivity index (χ1n) is 19.4. The van der Waals surface area contributed by atoms with Crippen molar-refractivity contribution in [2.24, 2.45) is 88.8 Å². The first-order valence-corrected chi connectivity index (χ1v) is 19.4. The molecule has 258 valence electrons. The fourth-order valence-corrected chi connectivity index (χ4v) is 6.78. The maximum Gasteiger partial charge on any atom is -0.0386 e. The van der Waals surface area contributed by atoms with Gasteiger partial charge in [-0.25, -0.2) is 0 Å². The van der Waals surface area contributed by atoms with Gasteiger partial charge >= 0.3 is 0 Å². The number of hydrogen-bond donors (Lipinski definition) is 0. The Morgan fingerprint density at radius 3 is 0.357 bits per heavy atom. The van der Waals surface area contributed by atoms with Crippen LogP contribution in [0.25, 0.3) is 0 Å². The van der Waals surface area contributed by atoms with Gasteiger partial charge in [-0.3, -0.25) is 0 Å². The predicted molar refractivity (Wildman–Crippen MR) is 199 cm³/mol. The Kier molecular flexibility index (Phi) is 27.9. The van der Waals surface area contributed by atoms with E-state index in [1.165, 1.54) is 38.5 Å². The molecule has 0 saturated carbocycles. The summed E-state index contributed by atoms with van der Waals surface area (Å²) in [6, 6.07) is 0. The highest BCUT2D eigenvalue weighted by Crippen LogP contribution is 2.35. The molecule has 0 rings (SSSR count). The molecule has 0 aliphatic rings. The first kappa shape index (κ1) is 46.4. The largest absolute Gasteiger partial charge is 0.0651 e. The molecule has 0 aliphatic heterocycles. The zero-order valence-electron chi connectivity index (χ0n) is 33.9. The minimum absolute atomic E-state index is 0.861. The van der Waals surface area contributed by atoms with Crippen molar-refractivity contribution in [3.8, 4) is 0 Å². The van der Waals surface area contributed by atoms with Crippen molar-refractivity contribution in [3.63, 3.8) is 0 Å². The van der Waals surface area contributed by atoms with Gasteiger partial charge in [0.15, 0.2) is 0 Å². The number of hydrogen-bond acceptors (Lipinski definition) is 0. The fraction of sp³-hybridized carbons (Fsp3) is 1.00. The highest BCUT2D eigenvalue weighted by Gasteiger charge is 2.27. The summed E-state index contributed by atoms with van der Waals surface area (Å²) >= 11 is 0. The third-order valence-corrected chi connectivity index (χ3v) is 14.2. The zero-order valence-corrected chi connectivity index (χ0v) is 33.9. The van der Waals surface area contributed by atoms with E-state index in [9.17, 15) is 0 Å². The molecule has 42 heavy (non-hydrogen) atoms. The molecule has 0 aromatic heterocycles.